The van der Waals surface area contributed by atoms with Gasteiger partial charge in [0.05, 0.1) is 5.39 Å². The highest BCUT2D eigenvalue weighted by Gasteiger charge is 2.28. The second kappa shape index (κ2) is 6.92. The molecule has 1 fully saturated rings. The summed E-state index contributed by atoms with van der Waals surface area (Å²) in [6.07, 6.45) is 2.24. The summed E-state index contributed by atoms with van der Waals surface area (Å²) in [4.78, 5) is 30.4. The van der Waals surface area contributed by atoms with E-state index in [1.807, 2.05) is 32.7 Å². The summed E-state index contributed by atoms with van der Waals surface area (Å²) in [6, 6.07) is 1.13. The van der Waals surface area contributed by atoms with Crippen molar-refractivity contribution in [2.45, 2.75) is 32.7 Å². The molecule has 0 aliphatic carbocycles. The third-order valence-electron chi connectivity index (χ3n) is 4.94. The number of carbonyl (C=O) groups is 1. The summed E-state index contributed by atoms with van der Waals surface area (Å²) in [5, 5.41) is 12.5. The Bertz CT molecular complexity index is 949. The second-order valence-corrected chi connectivity index (χ2v) is 8.04. The average molecular weight is 376 g/mol. The molecule has 146 valence electrons. The summed E-state index contributed by atoms with van der Waals surface area (Å²) in [7, 11) is 1.89. The SMILES string of the molecule is CNCC1CCN(c2nc3c(cc2F)c(=O)c(C(=O)O)cn3C(C)(C)C)C1. The molecule has 0 saturated carbocycles. The van der Waals surface area contributed by atoms with Crippen LogP contribution in [0.5, 0.6) is 0 Å². The van der Waals surface area contributed by atoms with Gasteiger partial charge in [0.2, 0.25) is 5.43 Å². The molecule has 3 rings (SSSR count). The summed E-state index contributed by atoms with van der Waals surface area (Å²) in [5.74, 6) is -1.32. The Hall–Kier alpha value is -2.48. The topological polar surface area (TPSA) is 87.5 Å². The highest BCUT2D eigenvalue weighted by Crippen LogP contribution is 2.28. The van der Waals surface area contributed by atoms with Crippen molar-refractivity contribution in [3.8, 4) is 0 Å². The molecule has 7 nitrogen and oxygen atoms in total. The van der Waals surface area contributed by atoms with E-state index in [2.05, 4.69) is 10.3 Å². The third-order valence-corrected chi connectivity index (χ3v) is 4.94. The van der Waals surface area contributed by atoms with Gasteiger partial charge in [0.15, 0.2) is 11.6 Å². The summed E-state index contributed by atoms with van der Waals surface area (Å²) in [6.45, 7) is 7.86. The molecule has 1 aliphatic heterocycles. The minimum Gasteiger partial charge on any atom is -0.477 e. The molecule has 2 aromatic heterocycles. The maximum absolute atomic E-state index is 14.8. The Morgan fingerprint density at radius 3 is 2.74 bits per heavy atom. The lowest BCUT2D eigenvalue weighted by molar-refractivity contribution is 0.0694. The van der Waals surface area contributed by atoms with E-state index in [9.17, 15) is 19.1 Å². The molecule has 0 amide bonds. The van der Waals surface area contributed by atoms with Gasteiger partial charge in [-0.3, -0.25) is 4.79 Å². The number of fused-ring (bicyclic) bond motifs is 1. The lowest BCUT2D eigenvalue weighted by Crippen LogP contribution is -2.30. The van der Waals surface area contributed by atoms with E-state index in [-0.39, 0.29) is 16.8 Å². The number of carboxylic acid groups (broad SMARTS) is 1. The van der Waals surface area contributed by atoms with Crippen molar-refractivity contribution in [1.29, 1.82) is 0 Å². The predicted molar refractivity (Wildman–Crippen MR) is 102 cm³/mol. The molecule has 0 bridgehead atoms. The fourth-order valence-corrected chi connectivity index (χ4v) is 3.58. The molecule has 1 aliphatic rings. The Kier molecular flexibility index (Phi) is 4.94. The smallest absolute Gasteiger partial charge is 0.341 e. The van der Waals surface area contributed by atoms with Crippen LogP contribution >= 0.6 is 0 Å². The van der Waals surface area contributed by atoms with Crippen molar-refractivity contribution >= 4 is 22.8 Å². The van der Waals surface area contributed by atoms with E-state index in [4.69, 9.17) is 0 Å². The van der Waals surface area contributed by atoms with E-state index in [0.717, 1.165) is 19.0 Å². The number of nitrogens with zero attached hydrogens (tertiary/aromatic N) is 3. The monoisotopic (exact) mass is 376 g/mol. The van der Waals surface area contributed by atoms with Gasteiger partial charge in [-0.25, -0.2) is 14.2 Å². The number of rotatable bonds is 4. The van der Waals surface area contributed by atoms with Gasteiger partial charge in [-0.2, -0.15) is 0 Å². The zero-order valence-corrected chi connectivity index (χ0v) is 16.0. The number of nitrogens with one attached hydrogen (secondary N) is 1. The van der Waals surface area contributed by atoms with Crippen molar-refractivity contribution in [3.63, 3.8) is 0 Å². The minimum atomic E-state index is -1.33. The molecular formula is C19H25FN4O3. The van der Waals surface area contributed by atoms with Crippen molar-refractivity contribution in [1.82, 2.24) is 14.9 Å². The zero-order chi connectivity index (χ0) is 19.9. The van der Waals surface area contributed by atoms with Crippen LogP contribution in [0.2, 0.25) is 0 Å². The van der Waals surface area contributed by atoms with Gasteiger partial charge in [-0.15, -0.1) is 0 Å². The lowest BCUT2D eigenvalue weighted by Gasteiger charge is -2.26. The average Bonchev–Trinajstić information content (AvgIpc) is 3.02. The summed E-state index contributed by atoms with van der Waals surface area (Å²) in [5.41, 5.74) is -1.34. The maximum Gasteiger partial charge on any atom is 0.341 e. The van der Waals surface area contributed by atoms with Crippen LogP contribution in [0.1, 0.15) is 37.6 Å². The zero-order valence-electron chi connectivity index (χ0n) is 16.0. The van der Waals surface area contributed by atoms with Gasteiger partial charge in [-0.05, 0) is 52.8 Å². The third kappa shape index (κ3) is 3.53. The van der Waals surface area contributed by atoms with Crippen molar-refractivity contribution in [2.75, 3.05) is 31.6 Å². The van der Waals surface area contributed by atoms with Crippen molar-refractivity contribution < 1.29 is 14.3 Å². The lowest BCUT2D eigenvalue weighted by atomic mass is 10.1. The van der Waals surface area contributed by atoms with Gasteiger partial charge in [0.1, 0.15) is 11.2 Å². The predicted octanol–water partition coefficient (Wildman–Crippen LogP) is 2.03. The standard InChI is InChI=1S/C19H25FN4O3/c1-19(2,3)24-10-13(18(26)27)15(25)12-7-14(20)17(22-16(12)24)23-6-5-11(9-23)8-21-4/h7,10-11,21H,5-6,8-9H2,1-4H3,(H,26,27). The van der Waals surface area contributed by atoms with E-state index in [1.165, 1.54) is 6.20 Å². The fourth-order valence-electron chi connectivity index (χ4n) is 3.58. The van der Waals surface area contributed by atoms with Crippen LogP contribution < -0.4 is 15.6 Å². The molecule has 0 radical (unpaired) electrons. The van der Waals surface area contributed by atoms with E-state index >= 15 is 0 Å². The molecule has 3 heterocycles. The summed E-state index contributed by atoms with van der Waals surface area (Å²) >= 11 is 0. The maximum atomic E-state index is 14.8. The van der Waals surface area contributed by atoms with E-state index in [1.54, 1.807) is 4.57 Å². The number of pyridine rings is 2. The van der Waals surface area contributed by atoms with Crippen LogP contribution in [-0.4, -0.2) is 47.3 Å². The molecule has 0 spiro atoms. The van der Waals surface area contributed by atoms with Crippen LogP contribution in [0.15, 0.2) is 17.1 Å². The first-order valence-electron chi connectivity index (χ1n) is 9.02. The van der Waals surface area contributed by atoms with Crippen LogP contribution in [-0.2, 0) is 5.54 Å². The molecule has 27 heavy (non-hydrogen) atoms. The first-order valence-corrected chi connectivity index (χ1v) is 9.02. The van der Waals surface area contributed by atoms with Gasteiger partial charge >= 0.3 is 5.97 Å². The molecule has 2 aromatic rings. The van der Waals surface area contributed by atoms with Crippen LogP contribution in [0.25, 0.3) is 11.0 Å². The molecule has 1 saturated heterocycles. The van der Waals surface area contributed by atoms with Crippen molar-refractivity contribution in [3.05, 3.63) is 33.9 Å². The first kappa shape index (κ1) is 19.3. The molecule has 2 N–H and O–H groups in total. The van der Waals surface area contributed by atoms with Crippen LogP contribution in [0.4, 0.5) is 10.2 Å². The quantitative estimate of drug-likeness (QED) is 0.849. The molecule has 1 atom stereocenters. The normalized spacial score (nSPS) is 17.7. The molecule has 8 heteroatoms. The van der Waals surface area contributed by atoms with Crippen molar-refractivity contribution in [2.24, 2.45) is 5.92 Å². The van der Waals surface area contributed by atoms with Crippen LogP contribution in [0.3, 0.4) is 0 Å². The Morgan fingerprint density at radius 1 is 1.44 bits per heavy atom. The molecular weight excluding hydrogens is 351 g/mol. The fraction of sp³-hybridized carbons (Fsp3) is 0.526. The second-order valence-electron chi connectivity index (χ2n) is 8.04. The number of carboxylic acids is 1. The summed E-state index contributed by atoms with van der Waals surface area (Å²) < 4.78 is 16.4. The Balaban J connectivity index is 2.20. The van der Waals surface area contributed by atoms with Gasteiger partial charge in [-0.1, -0.05) is 0 Å². The number of aromatic nitrogens is 2. The Labute approximate surface area is 156 Å². The first-order chi connectivity index (χ1) is 12.6. The highest BCUT2D eigenvalue weighted by atomic mass is 19.1. The van der Waals surface area contributed by atoms with Gasteiger partial charge < -0.3 is 19.9 Å². The number of halogens is 1. The molecule has 0 aromatic carbocycles. The molecule has 1 unspecified atom stereocenters. The van der Waals surface area contributed by atoms with Crippen LogP contribution in [0, 0.1) is 11.7 Å². The van der Waals surface area contributed by atoms with E-state index < -0.39 is 22.8 Å². The highest BCUT2D eigenvalue weighted by molar-refractivity contribution is 5.92. The Morgan fingerprint density at radius 2 is 2.15 bits per heavy atom. The van der Waals surface area contributed by atoms with Gasteiger partial charge in [0.25, 0.3) is 0 Å². The number of hydrogen-bond acceptors (Lipinski definition) is 5. The largest absolute Gasteiger partial charge is 0.477 e. The van der Waals surface area contributed by atoms with Gasteiger partial charge in [0, 0.05) is 24.8 Å². The minimum absolute atomic E-state index is 0.0166. The number of hydrogen-bond donors (Lipinski definition) is 2. The number of aromatic carboxylic acids is 1. The number of anilines is 1. The van der Waals surface area contributed by atoms with E-state index in [0.29, 0.717) is 24.7 Å².